The second-order valence-corrected chi connectivity index (χ2v) is 6.69. The molecule has 3 rings (SSSR count). The van der Waals surface area contributed by atoms with E-state index < -0.39 is 0 Å². The minimum absolute atomic E-state index is 0.0602. The molecule has 7 nitrogen and oxygen atoms in total. The second-order valence-electron chi connectivity index (χ2n) is 6.69. The molecule has 1 unspecified atom stereocenters. The molecule has 1 aromatic rings. The number of amides is 1. The molecule has 1 atom stereocenters. The third-order valence-electron chi connectivity index (χ3n) is 4.87. The Morgan fingerprint density at radius 3 is 2.92 bits per heavy atom. The monoisotopic (exact) mass is 337 g/mol. The molecule has 1 amide bonds. The van der Waals surface area contributed by atoms with E-state index in [4.69, 9.17) is 14.0 Å². The van der Waals surface area contributed by atoms with Gasteiger partial charge in [-0.15, -0.1) is 0 Å². The van der Waals surface area contributed by atoms with E-state index in [2.05, 4.69) is 10.1 Å². The van der Waals surface area contributed by atoms with Crippen molar-refractivity contribution in [1.29, 1.82) is 0 Å². The van der Waals surface area contributed by atoms with Crippen molar-refractivity contribution in [1.82, 2.24) is 15.0 Å². The molecule has 0 spiro atoms. The average molecular weight is 337 g/mol. The molecule has 2 aliphatic rings. The van der Waals surface area contributed by atoms with Crippen LogP contribution in [0.5, 0.6) is 0 Å². The SMILES string of the molecule is COCCc1nc(COC2CCCN(C(=O)C3CCCC3)C2)no1. The first-order valence-electron chi connectivity index (χ1n) is 8.97. The molecule has 134 valence electrons. The van der Waals surface area contributed by atoms with Crippen molar-refractivity contribution >= 4 is 5.91 Å². The molecule has 0 aromatic carbocycles. The van der Waals surface area contributed by atoms with Crippen LogP contribution in [0.1, 0.15) is 50.2 Å². The molecule has 1 saturated heterocycles. The zero-order valence-corrected chi connectivity index (χ0v) is 14.4. The Kier molecular flexibility index (Phi) is 6.20. The van der Waals surface area contributed by atoms with Crippen LogP contribution >= 0.6 is 0 Å². The van der Waals surface area contributed by atoms with Gasteiger partial charge in [0.1, 0.15) is 6.61 Å². The number of likely N-dealkylation sites (tertiary alicyclic amines) is 1. The number of nitrogens with zero attached hydrogens (tertiary/aromatic N) is 3. The Morgan fingerprint density at radius 2 is 2.12 bits per heavy atom. The summed E-state index contributed by atoms with van der Waals surface area (Å²) in [4.78, 5) is 18.8. The Hall–Kier alpha value is -1.47. The first-order chi connectivity index (χ1) is 11.8. The Labute approximate surface area is 142 Å². The molecule has 7 heteroatoms. The summed E-state index contributed by atoms with van der Waals surface area (Å²) in [6.07, 6.45) is 7.11. The molecular weight excluding hydrogens is 310 g/mol. The van der Waals surface area contributed by atoms with Crippen LogP contribution in [0.4, 0.5) is 0 Å². The molecule has 2 fully saturated rings. The van der Waals surface area contributed by atoms with E-state index in [1.807, 2.05) is 4.90 Å². The van der Waals surface area contributed by atoms with Gasteiger partial charge in [-0.2, -0.15) is 4.98 Å². The quantitative estimate of drug-likeness (QED) is 0.757. The highest BCUT2D eigenvalue weighted by Crippen LogP contribution is 2.28. The normalized spacial score (nSPS) is 22.2. The molecular formula is C17H27N3O4. The van der Waals surface area contributed by atoms with Crippen molar-refractivity contribution in [2.24, 2.45) is 5.92 Å². The highest BCUT2D eigenvalue weighted by atomic mass is 16.5. The van der Waals surface area contributed by atoms with Crippen molar-refractivity contribution in [2.75, 3.05) is 26.8 Å². The Balaban J connectivity index is 1.45. The number of hydrogen-bond donors (Lipinski definition) is 0. The fourth-order valence-electron chi connectivity index (χ4n) is 3.54. The maximum atomic E-state index is 12.5. The maximum Gasteiger partial charge on any atom is 0.229 e. The number of carbonyl (C=O) groups is 1. The number of hydrogen-bond acceptors (Lipinski definition) is 6. The lowest BCUT2D eigenvalue weighted by Crippen LogP contribution is -2.45. The fourth-order valence-corrected chi connectivity index (χ4v) is 3.54. The van der Waals surface area contributed by atoms with Gasteiger partial charge in [0.25, 0.3) is 0 Å². The summed E-state index contributed by atoms with van der Waals surface area (Å²) < 4.78 is 16.1. The van der Waals surface area contributed by atoms with E-state index in [1.54, 1.807) is 7.11 Å². The zero-order valence-electron chi connectivity index (χ0n) is 14.4. The second kappa shape index (κ2) is 8.58. The number of rotatable bonds is 7. The number of carbonyl (C=O) groups excluding carboxylic acids is 1. The summed E-state index contributed by atoms with van der Waals surface area (Å²) in [6.45, 7) is 2.43. The van der Waals surface area contributed by atoms with Crippen LogP contribution in [0.15, 0.2) is 4.52 Å². The minimum Gasteiger partial charge on any atom is -0.384 e. The van der Waals surface area contributed by atoms with E-state index >= 15 is 0 Å². The Bertz CT molecular complexity index is 528. The Morgan fingerprint density at radius 1 is 1.29 bits per heavy atom. The number of piperidine rings is 1. The lowest BCUT2D eigenvalue weighted by atomic mass is 10.0. The van der Waals surface area contributed by atoms with Gasteiger partial charge in [-0.25, -0.2) is 0 Å². The molecule has 1 saturated carbocycles. The van der Waals surface area contributed by atoms with Crippen molar-refractivity contribution in [3.63, 3.8) is 0 Å². The van der Waals surface area contributed by atoms with Crippen LogP contribution in [0.3, 0.4) is 0 Å². The summed E-state index contributed by atoms with van der Waals surface area (Å²) in [5.41, 5.74) is 0. The molecule has 0 N–H and O–H groups in total. The van der Waals surface area contributed by atoms with Gasteiger partial charge in [-0.3, -0.25) is 4.79 Å². The fraction of sp³-hybridized carbons (Fsp3) is 0.824. The summed E-state index contributed by atoms with van der Waals surface area (Å²) >= 11 is 0. The van der Waals surface area contributed by atoms with Crippen LogP contribution in [0.2, 0.25) is 0 Å². The van der Waals surface area contributed by atoms with Crippen LogP contribution in [-0.4, -0.2) is 53.9 Å². The van der Waals surface area contributed by atoms with Gasteiger partial charge in [-0.05, 0) is 25.7 Å². The molecule has 2 heterocycles. The first-order valence-corrected chi connectivity index (χ1v) is 8.97. The van der Waals surface area contributed by atoms with Crippen LogP contribution in [0.25, 0.3) is 0 Å². The topological polar surface area (TPSA) is 77.7 Å². The molecule has 1 aliphatic heterocycles. The van der Waals surface area contributed by atoms with Crippen LogP contribution < -0.4 is 0 Å². The standard InChI is InChI=1S/C17H27N3O4/c1-22-10-8-16-18-15(19-24-16)12-23-14-7-4-9-20(11-14)17(21)13-5-2-3-6-13/h13-14H,2-12H2,1H3. The average Bonchev–Trinajstić information content (AvgIpc) is 3.29. The van der Waals surface area contributed by atoms with Crippen LogP contribution in [0, 0.1) is 5.92 Å². The highest BCUT2D eigenvalue weighted by Gasteiger charge is 2.31. The van der Waals surface area contributed by atoms with Crippen molar-refractivity contribution in [3.05, 3.63) is 11.7 Å². The highest BCUT2D eigenvalue weighted by molar-refractivity contribution is 5.79. The van der Waals surface area contributed by atoms with E-state index in [0.717, 1.165) is 32.2 Å². The maximum absolute atomic E-state index is 12.5. The third-order valence-corrected chi connectivity index (χ3v) is 4.87. The molecule has 1 aliphatic carbocycles. The lowest BCUT2D eigenvalue weighted by molar-refractivity contribution is -0.139. The minimum atomic E-state index is 0.0602. The van der Waals surface area contributed by atoms with Gasteiger partial charge >= 0.3 is 0 Å². The molecule has 0 bridgehead atoms. The van der Waals surface area contributed by atoms with E-state index in [1.165, 1.54) is 12.8 Å². The number of ether oxygens (including phenoxy) is 2. The summed E-state index contributed by atoms with van der Waals surface area (Å²) in [5, 5.41) is 3.92. The van der Waals surface area contributed by atoms with Gasteiger partial charge in [0.15, 0.2) is 5.82 Å². The summed E-state index contributed by atoms with van der Waals surface area (Å²) in [7, 11) is 1.64. The van der Waals surface area contributed by atoms with Gasteiger partial charge in [0.2, 0.25) is 11.8 Å². The molecule has 1 aromatic heterocycles. The van der Waals surface area contributed by atoms with Gasteiger partial charge < -0.3 is 18.9 Å². The summed E-state index contributed by atoms with van der Waals surface area (Å²) in [6, 6.07) is 0. The smallest absolute Gasteiger partial charge is 0.229 e. The van der Waals surface area contributed by atoms with Gasteiger partial charge in [0, 0.05) is 26.1 Å². The summed E-state index contributed by atoms with van der Waals surface area (Å²) in [5.74, 6) is 1.68. The first kappa shape index (κ1) is 17.4. The van der Waals surface area contributed by atoms with Gasteiger partial charge in [-0.1, -0.05) is 18.0 Å². The van der Waals surface area contributed by atoms with E-state index in [9.17, 15) is 4.79 Å². The molecule has 0 radical (unpaired) electrons. The number of aromatic nitrogens is 2. The van der Waals surface area contributed by atoms with E-state index in [-0.39, 0.29) is 12.0 Å². The molecule has 24 heavy (non-hydrogen) atoms. The third kappa shape index (κ3) is 4.54. The number of methoxy groups -OCH3 is 1. The largest absolute Gasteiger partial charge is 0.384 e. The predicted molar refractivity (Wildman–Crippen MR) is 86.2 cm³/mol. The zero-order chi connectivity index (χ0) is 16.8. The van der Waals surface area contributed by atoms with Crippen molar-refractivity contribution in [3.8, 4) is 0 Å². The van der Waals surface area contributed by atoms with Crippen molar-refractivity contribution in [2.45, 2.75) is 57.7 Å². The van der Waals surface area contributed by atoms with Gasteiger partial charge in [0.05, 0.1) is 19.1 Å². The lowest BCUT2D eigenvalue weighted by Gasteiger charge is -2.34. The van der Waals surface area contributed by atoms with Crippen molar-refractivity contribution < 1.29 is 18.8 Å². The van der Waals surface area contributed by atoms with Crippen LogP contribution in [-0.2, 0) is 27.3 Å². The van der Waals surface area contributed by atoms with E-state index in [0.29, 0.717) is 43.8 Å². The predicted octanol–water partition coefficient (Wildman–Crippen LogP) is 1.96.